The molecule has 60 valence electrons. The van der Waals surface area contributed by atoms with Crippen LogP contribution < -0.4 is 0 Å². The van der Waals surface area contributed by atoms with Gasteiger partial charge in [-0.05, 0) is 30.6 Å². The Bertz CT molecular complexity index is 85.3. The molecule has 0 N–H and O–H groups in total. The van der Waals surface area contributed by atoms with Gasteiger partial charge in [0, 0.05) is 0 Å². The highest BCUT2D eigenvalue weighted by atomic mass is 19.1. The number of rotatable bonds is 0. The first-order valence-electron chi connectivity index (χ1n) is 4.25. The second kappa shape index (κ2) is 2.89. The molecule has 0 saturated heterocycles. The number of hydrogen-bond acceptors (Lipinski definition) is 0. The standard InChI is InChI=1S/C9H17F/c1-6-4-8(3)9(10)5-7(6)2/h6-9H,4-5H2,1-3H3/t6-,7+,8?,9?/m0/s1. The molecule has 0 aliphatic heterocycles. The number of halogens is 1. The van der Waals surface area contributed by atoms with Crippen LogP contribution in [0.5, 0.6) is 0 Å². The molecule has 0 bridgehead atoms. The highest BCUT2D eigenvalue weighted by molar-refractivity contribution is 4.79. The van der Waals surface area contributed by atoms with Crippen molar-refractivity contribution in [2.24, 2.45) is 17.8 Å². The summed E-state index contributed by atoms with van der Waals surface area (Å²) in [4.78, 5) is 0. The van der Waals surface area contributed by atoms with Crippen molar-refractivity contribution >= 4 is 0 Å². The lowest BCUT2D eigenvalue weighted by atomic mass is 9.75. The summed E-state index contributed by atoms with van der Waals surface area (Å²) in [7, 11) is 0. The molecule has 0 spiro atoms. The van der Waals surface area contributed by atoms with E-state index in [0.717, 1.165) is 18.8 Å². The fraction of sp³-hybridized carbons (Fsp3) is 1.00. The fourth-order valence-corrected chi connectivity index (χ4v) is 1.79. The van der Waals surface area contributed by atoms with Gasteiger partial charge in [-0.1, -0.05) is 20.8 Å². The van der Waals surface area contributed by atoms with Crippen LogP contribution in [0, 0.1) is 17.8 Å². The quantitative estimate of drug-likeness (QED) is 0.490. The summed E-state index contributed by atoms with van der Waals surface area (Å²) in [5.74, 6) is 1.61. The summed E-state index contributed by atoms with van der Waals surface area (Å²) >= 11 is 0. The highest BCUT2D eigenvalue weighted by Gasteiger charge is 2.29. The Kier molecular flexibility index (Phi) is 2.32. The van der Waals surface area contributed by atoms with Crippen LogP contribution in [0.25, 0.3) is 0 Å². The van der Waals surface area contributed by atoms with E-state index in [1.807, 2.05) is 6.92 Å². The first kappa shape index (κ1) is 8.03. The van der Waals surface area contributed by atoms with Gasteiger partial charge in [-0.25, -0.2) is 4.39 Å². The predicted octanol–water partition coefficient (Wildman–Crippen LogP) is 3.03. The first-order chi connectivity index (χ1) is 4.61. The van der Waals surface area contributed by atoms with Gasteiger partial charge in [-0.15, -0.1) is 0 Å². The summed E-state index contributed by atoms with van der Waals surface area (Å²) in [5, 5.41) is 0. The van der Waals surface area contributed by atoms with Crippen LogP contribution in [0.1, 0.15) is 33.6 Å². The minimum absolute atomic E-state index is 0.297. The zero-order chi connectivity index (χ0) is 7.72. The molecule has 0 aromatic carbocycles. The average molecular weight is 144 g/mol. The Morgan fingerprint density at radius 3 is 1.90 bits per heavy atom. The van der Waals surface area contributed by atoms with E-state index in [2.05, 4.69) is 13.8 Å². The van der Waals surface area contributed by atoms with Gasteiger partial charge in [0.1, 0.15) is 6.17 Å². The van der Waals surface area contributed by atoms with Crippen LogP contribution in [0.3, 0.4) is 0 Å². The molecule has 10 heavy (non-hydrogen) atoms. The van der Waals surface area contributed by atoms with Gasteiger partial charge in [-0.3, -0.25) is 0 Å². The van der Waals surface area contributed by atoms with E-state index in [9.17, 15) is 4.39 Å². The molecule has 0 heterocycles. The molecule has 1 fully saturated rings. The van der Waals surface area contributed by atoms with Gasteiger partial charge in [0.05, 0.1) is 0 Å². The van der Waals surface area contributed by atoms with Gasteiger partial charge in [0.2, 0.25) is 0 Å². The lowest BCUT2D eigenvalue weighted by Gasteiger charge is -2.32. The van der Waals surface area contributed by atoms with Gasteiger partial charge in [0.25, 0.3) is 0 Å². The fourth-order valence-electron chi connectivity index (χ4n) is 1.79. The Morgan fingerprint density at radius 1 is 0.900 bits per heavy atom. The lowest BCUT2D eigenvalue weighted by molar-refractivity contribution is 0.104. The van der Waals surface area contributed by atoms with Crippen molar-refractivity contribution in [3.63, 3.8) is 0 Å². The molecule has 0 aromatic heterocycles. The van der Waals surface area contributed by atoms with E-state index in [1.54, 1.807) is 0 Å². The molecule has 0 aromatic rings. The zero-order valence-electron chi connectivity index (χ0n) is 7.10. The van der Waals surface area contributed by atoms with Gasteiger partial charge >= 0.3 is 0 Å². The maximum Gasteiger partial charge on any atom is 0.103 e. The van der Waals surface area contributed by atoms with E-state index in [-0.39, 0.29) is 0 Å². The second-order valence-corrected chi connectivity index (χ2v) is 3.92. The molecule has 1 aliphatic carbocycles. The van der Waals surface area contributed by atoms with Gasteiger partial charge in [0.15, 0.2) is 0 Å². The van der Waals surface area contributed by atoms with Crippen LogP contribution in [-0.4, -0.2) is 6.17 Å². The largest absolute Gasteiger partial charge is 0.247 e. The Morgan fingerprint density at radius 2 is 1.40 bits per heavy atom. The Balaban J connectivity index is 2.46. The molecule has 1 heteroatoms. The van der Waals surface area contributed by atoms with E-state index >= 15 is 0 Å². The third-order valence-electron chi connectivity index (χ3n) is 2.93. The van der Waals surface area contributed by atoms with Crippen molar-refractivity contribution in [3.8, 4) is 0 Å². The van der Waals surface area contributed by atoms with Crippen molar-refractivity contribution in [1.29, 1.82) is 0 Å². The SMILES string of the molecule is CC1C[C@H](C)[C@H](C)CC1F. The summed E-state index contributed by atoms with van der Waals surface area (Å²) in [6.45, 7) is 6.41. The maximum atomic E-state index is 13.0. The molecule has 0 amide bonds. The van der Waals surface area contributed by atoms with Crippen molar-refractivity contribution in [3.05, 3.63) is 0 Å². The predicted molar refractivity (Wildman–Crippen MR) is 41.6 cm³/mol. The van der Waals surface area contributed by atoms with Crippen molar-refractivity contribution < 1.29 is 4.39 Å². The van der Waals surface area contributed by atoms with Crippen molar-refractivity contribution in [2.75, 3.05) is 0 Å². The summed E-state index contributed by atoms with van der Waals surface area (Å²) < 4.78 is 13.0. The molecular weight excluding hydrogens is 127 g/mol. The number of alkyl halides is 1. The van der Waals surface area contributed by atoms with Gasteiger partial charge in [-0.2, -0.15) is 0 Å². The second-order valence-electron chi connectivity index (χ2n) is 3.92. The minimum atomic E-state index is -0.536. The zero-order valence-corrected chi connectivity index (χ0v) is 7.10. The first-order valence-corrected chi connectivity index (χ1v) is 4.25. The van der Waals surface area contributed by atoms with E-state index in [1.165, 1.54) is 0 Å². The summed E-state index contributed by atoms with van der Waals surface area (Å²) in [5.41, 5.74) is 0. The summed E-state index contributed by atoms with van der Waals surface area (Å²) in [6.07, 6.45) is 1.32. The van der Waals surface area contributed by atoms with Crippen LogP contribution in [0.2, 0.25) is 0 Å². The van der Waals surface area contributed by atoms with Crippen LogP contribution >= 0.6 is 0 Å². The Labute approximate surface area is 62.8 Å². The van der Waals surface area contributed by atoms with Crippen molar-refractivity contribution in [1.82, 2.24) is 0 Å². The third kappa shape index (κ3) is 1.50. The Hall–Kier alpha value is -0.0700. The monoisotopic (exact) mass is 144 g/mol. The van der Waals surface area contributed by atoms with E-state index < -0.39 is 6.17 Å². The molecule has 1 aliphatic rings. The normalized spacial score (nSPS) is 49.2. The topological polar surface area (TPSA) is 0 Å². The molecule has 0 radical (unpaired) electrons. The molecule has 1 saturated carbocycles. The number of hydrogen-bond donors (Lipinski definition) is 0. The molecule has 2 unspecified atom stereocenters. The maximum absolute atomic E-state index is 13.0. The van der Waals surface area contributed by atoms with Crippen molar-refractivity contribution in [2.45, 2.75) is 39.8 Å². The van der Waals surface area contributed by atoms with Crippen LogP contribution in [0.4, 0.5) is 4.39 Å². The molecule has 0 nitrogen and oxygen atoms in total. The minimum Gasteiger partial charge on any atom is -0.247 e. The smallest absolute Gasteiger partial charge is 0.103 e. The van der Waals surface area contributed by atoms with E-state index in [4.69, 9.17) is 0 Å². The summed E-state index contributed by atoms with van der Waals surface area (Å²) in [6, 6.07) is 0. The average Bonchev–Trinajstić information content (AvgIpc) is 1.84. The third-order valence-corrected chi connectivity index (χ3v) is 2.93. The molecular formula is C9H17F. The molecule has 1 rings (SSSR count). The highest BCUT2D eigenvalue weighted by Crippen LogP contribution is 2.34. The van der Waals surface area contributed by atoms with E-state index in [0.29, 0.717) is 11.8 Å². The molecule has 4 atom stereocenters. The van der Waals surface area contributed by atoms with Gasteiger partial charge < -0.3 is 0 Å². The lowest BCUT2D eigenvalue weighted by Crippen LogP contribution is -2.28. The van der Waals surface area contributed by atoms with Crippen LogP contribution in [0.15, 0.2) is 0 Å². The van der Waals surface area contributed by atoms with Crippen LogP contribution in [-0.2, 0) is 0 Å².